The van der Waals surface area contributed by atoms with E-state index < -0.39 is 10.0 Å². The van der Waals surface area contributed by atoms with E-state index in [0.717, 1.165) is 25.7 Å². The van der Waals surface area contributed by atoms with Gasteiger partial charge in [0.2, 0.25) is 10.0 Å². The zero-order chi connectivity index (χ0) is 13.9. The Morgan fingerprint density at radius 3 is 2.42 bits per heavy atom. The third-order valence-corrected chi connectivity index (χ3v) is 4.70. The molecule has 2 rings (SSSR count). The van der Waals surface area contributed by atoms with Gasteiger partial charge in [0.05, 0.1) is 4.90 Å². The van der Waals surface area contributed by atoms with Crippen LogP contribution in [0.15, 0.2) is 29.2 Å². The summed E-state index contributed by atoms with van der Waals surface area (Å²) in [6.07, 6.45) is 3.67. The molecule has 104 valence electrons. The van der Waals surface area contributed by atoms with E-state index in [2.05, 4.69) is 4.72 Å². The average molecular weight is 281 g/mol. The van der Waals surface area contributed by atoms with Gasteiger partial charge >= 0.3 is 0 Å². The lowest BCUT2D eigenvalue weighted by atomic mass is 10.1. The Balaban J connectivity index is 2.06. The van der Waals surface area contributed by atoms with E-state index in [9.17, 15) is 13.2 Å². The van der Waals surface area contributed by atoms with Gasteiger partial charge in [0.25, 0.3) is 0 Å². The van der Waals surface area contributed by atoms with Crippen LogP contribution >= 0.6 is 0 Å². The normalized spacial score (nSPS) is 15.4. The van der Waals surface area contributed by atoms with Crippen molar-refractivity contribution in [2.75, 3.05) is 6.54 Å². The molecular formula is C14H19NO3S. The minimum atomic E-state index is -3.44. The van der Waals surface area contributed by atoms with Crippen LogP contribution < -0.4 is 4.72 Å². The number of unbranched alkanes of at least 4 members (excludes halogenated alkanes) is 1. The first-order valence-electron chi connectivity index (χ1n) is 6.68. The molecule has 1 saturated carbocycles. The van der Waals surface area contributed by atoms with Gasteiger partial charge in [-0.05, 0) is 31.4 Å². The van der Waals surface area contributed by atoms with Crippen LogP contribution in [0.2, 0.25) is 0 Å². The van der Waals surface area contributed by atoms with E-state index in [1.807, 2.05) is 6.92 Å². The van der Waals surface area contributed by atoms with Crippen LogP contribution in [-0.4, -0.2) is 20.7 Å². The highest BCUT2D eigenvalue weighted by atomic mass is 32.2. The summed E-state index contributed by atoms with van der Waals surface area (Å²) in [7, 11) is -3.44. The molecule has 0 atom stereocenters. The molecule has 0 heterocycles. The van der Waals surface area contributed by atoms with Crippen molar-refractivity contribution < 1.29 is 13.2 Å². The van der Waals surface area contributed by atoms with Crippen LogP contribution in [0.3, 0.4) is 0 Å². The minimum absolute atomic E-state index is 0.128. The van der Waals surface area contributed by atoms with Gasteiger partial charge in [-0.15, -0.1) is 0 Å². The number of Topliss-reactive ketones (excluding diaryl/α,β-unsaturated/α-hetero) is 1. The van der Waals surface area contributed by atoms with Gasteiger partial charge in [-0.3, -0.25) is 4.79 Å². The number of nitrogens with one attached hydrogen (secondary N) is 1. The van der Waals surface area contributed by atoms with Gasteiger partial charge in [-0.1, -0.05) is 25.5 Å². The quantitative estimate of drug-likeness (QED) is 0.616. The van der Waals surface area contributed by atoms with Gasteiger partial charge in [0, 0.05) is 18.0 Å². The maximum Gasteiger partial charge on any atom is 0.240 e. The Bertz CT molecular complexity index is 545. The SMILES string of the molecule is CCCCNS(=O)(=O)c1ccc(C(=O)C2CC2)cc1. The smallest absolute Gasteiger partial charge is 0.240 e. The number of hydrogen-bond donors (Lipinski definition) is 1. The molecule has 0 radical (unpaired) electrons. The Morgan fingerprint density at radius 2 is 1.89 bits per heavy atom. The molecule has 5 heteroatoms. The standard InChI is InChI=1S/C14H19NO3S/c1-2-3-10-15-19(17,18)13-8-6-12(7-9-13)14(16)11-4-5-11/h6-9,11,15H,2-5,10H2,1H3. The predicted molar refractivity (Wildman–Crippen MR) is 73.6 cm³/mol. The van der Waals surface area contributed by atoms with Gasteiger partial charge in [0.15, 0.2) is 5.78 Å². The van der Waals surface area contributed by atoms with E-state index in [-0.39, 0.29) is 16.6 Å². The molecule has 1 aromatic carbocycles. The number of carbonyl (C=O) groups excluding carboxylic acids is 1. The first-order chi connectivity index (χ1) is 9.04. The maximum atomic E-state index is 11.9. The Kier molecular flexibility index (Phi) is 4.37. The molecule has 0 unspecified atom stereocenters. The predicted octanol–water partition coefficient (Wildman–Crippen LogP) is 2.36. The van der Waals surface area contributed by atoms with E-state index in [0.29, 0.717) is 12.1 Å². The topological polar surface area (TPSA) is 63.2 Å². The third kappa shape index (κ3) is 3.64. The Labute approximate surface area is 114 Å². The highest BCUT2D eigenvalue weighted by Crippen LogP contribution is 2.32. The highest BCUT2D eigenvalue weighted by Gasteiger charge is 2.30. The van der Waals surface area contributed by atoms with E-state index in [1.54, 1.807) is 12.1 Å². The summed E-state index contributed by atoms with van der Waals surface area (Å²) in [5, 5.41) is 0. The summed E-state index contributed by atoms with van der Waals surface area (Å²) in [6.45, 7) is 2.45. The molecule has 1 fully saturated rings. The maximum absolute atomic E-state index is 11.9. The first kappa shape index (κ1) is 14.2. The lowest BCUT2D eigenvalue weighted by molar-refractivity contribution is 0.0967. The monoisotopic (exact) mass is 281 g/mol. The second-order valence-corrected chi connectivity index (χ2v) is 6.68. The molecule has 0 aliphatic heterocycles. The van der Waals surface area contributed by atoms with Crippen LogP contribution in [0.4, 0.5) is 0 Å². The fraction of sp³-hybridized carbons (Fsp3) is 0.500. The van der Waals surface area contributed by atoms with E-state index in [4.69, 9.17) is 0 Å². The second kappa shape index (κ2) is 5.84. The lowest BCUT2D eigenvalue weighted by Crippen LogP contribution is -2.24. The Morgan fingerprint density at radius 1 is 1.26 bits per heavy atom. The fourth-order valence-corrected chi connectivity index (χ4v) is 2.92. The molecule has 0 aromatic heterocycles. The van der Waals surface area contributed by atoms with Crippen molar-refractivity contribution in [2.24, 2.45) is 5.92 Å². The second-order valence-electron chi connectivity index (χ2n) is 4.91. The van der Waals surface area contributed by atoms with Crippen LogP contribution in [-0.2, 0) is 10.0 Å². The summed E-state index contributed by atoms with van der Waals surface area (Å²) < 4.78 is 26.4. The lowest BCUT2D eigenvalue weighted by Gasteiger charge is -2.06. The number of hydrogen-bond acceptors (Lipinski definition) is 3. The summed E-state index contributed by atoms with van der Waals surface area (Å²) in [5.41, 5.74) is 0.606. The van der Waals surface area contributed by atoms with Crippen molar-refractivity contribution in [1.29, 1.82) is 0 Å². The zero-order valence-electron chi connectivity index (χ0n) is 11.1. The molecule has 0 amide bonds. The van der Waals surface area contributed by atoms with Crippen molar-refractivity contribution in [3.8, 4) is 0 Å². The number of benzene rings is 1. The summed E-state index contributed by atoms with van der Waals surface area (Å²) >= 11 is 0. The molecule has 19 heavy (non-hydrogen) atoms. The van der Waals surface area contributed by atoms with Crippen molar-refractivity contribution in [3.63, 3.8) is 0 Å². The molecule has 1 aromatic rings. The van der Waals surface area contributed by atoms with Crippen molar-refractivity contribution in [2.45, 2.75) is 37.5 Å². The molecule has 1 aliphatic rings. The van der Waals surface area contributed by atoms with Crippen LogP contribution in [0.1, 0.15) is 43.0 Å². The fourth-order valence-electron chi connectivity index (χ4n) is 1.85. The van der Waals surface area contributed by atoms with Crippen LogP contribution in [0, 0.1) is 5.92 Å². The van der Waals surface area contributed by atoms with Crippen LogP contribution in [0.5, 0.6) is 0 Å². The number of sulfonamides is 1. The minimum Gasteiger partial charge on any atom is -0.294 e. The summed E-state index contributed by atoms with van der Waals surface area (Å²) in [5.74, 6) is 0.285. The van der Waals surface area contributed by atoms with Crippen molar-refractivity contribution in [1.82, 2.24) is 4.72 Å². The summed E-state index contributed by atoms with van der Waals surface area (Å²) in [6, 6.07) is 6.22. The molecule has 1 N–H and O–H groups in total. The molecule has 4 nitrogen and oxygen atoms in total. The number of rotatable bonds is 7. The van der Waals surface area contributed by atoms with Gasteiger partial charge in [0.1, 0.15) is 0 Å². The number of ketones is 1. The Hall–Kier alpha value is -1.20. The van der Waals surface area contributed by atoms with Gasteiger partial charge < -0.3 is 0 Å². The van der Waals surface area contributed by atoms with Crippen molar-refractivity contribution >= 4 is 15.8 Å². The van der Waals surface area contributed by atoms with Crippen molar-refractivity contribution in [3.05, 3.63) is 29.8 Å². The molecular weight excluding hydrogens is 262 g/mol. The van der Waals surface area contributed by atoms with Gasteiger partial charge in [-0.2, -0.15) is 0 Å². The summed E-state index contributed by atoms with van der Waals surface area (Å²) in [4.78, 5) is 12.0. The molecule has 0 bridgehead atoms. The highest BCUT2D eigenvalue weighted by molar-refractivity contribution is 7.89. The molecule has 0 saturated heterocycles. The number of carbonyl (C=O) groups is 1. The van der Waals surface area contributed by atoms with Crippen LogP contribution in [0.25, 0.3) is 0 Å². The molecule has 0 spiro atoms. The third-order valence-electron chi connectivity index (χ3n) is 3.22. The average Bonchev–Trinajstić information content (AvgIpc) is 3.22. The van der Waals surface area contributed by atoms with E-state index >= 15 is 0 Å². The zero-order valence-corrected chi connectivity index (χ0v) is 11.9. The largest absolute Gasteiger partial charge is 0.294 e. The molecule has 1 aliphatic carbocycles. The van der Waals surface area contributed by atoms with E-state index in [1.165, 1.54) is 12.1 Å². The van der Waals surface area contributed by atoms with Gasteiger partial charge in [-0.25, -0.2) is 13.1 Å². The first-order valence-corrected chi connectivity index (χ1v) is 8.17.